The molecular weight excluding hydrogens is 394 g/mol. The van der Waals surface area contributed by atoms with Gasteiger partial charge in [0.05, 0.1) is 4.90 Å². The number of pyridine rings is 1. The SMILES string of the molecule is O=C(c1ccncc1)N1CCN(S(=O)(=O)c2ccc(Br)cc2)CC1. The Bertz CT molecular complexity index is 817. The second kappa shape index (κ2) is 7.00. The van der Waals surface area contributed by atoms with Crippen LogP contribution in [0.5, 0.6) is 0 Å². The van der Waals surface area contributed by atoms with Crippen LogP contribution < -0.4 is 0 Å². The molecule has 0 radical (unpaired) electrons. The van der Waals surface area contributed by atoms with Gasteiger partial charge in [-0.15, -0.1) is 0 Å². The van der Waals surface area contributed by atoms with Crippen molar-refractivity contribution in [3.05, 3.63) is 58.8 Å². The summed E-state index contributed by atoms with van der Waals surface area (Å²) in [6, 6.07) is 9.88. The van der Waals surface area contributed by atoms with Gasteiger partial charge in [0.2, 0.25) is 10.0 Å². The lowest BCUT2D eigenvalue weighted by Crippen LogP contribution is -2.50. The minimum Gasteiger partial charge on any atom is -0.336 e. The van der Waals surface area contributed by atoms with Crippen LogP contribution in [0.2, 0.25) is 0 Å². The zero-order chi connectivity index (χ0) is 17.2. The van der Waals surface area contributed by atoms with E-state index in [4.69, 9.17) is 0 Å². The van der Waals surface area contributed by atoms with Crippen molar-refractivity contribution in [1.82, 2.24) is 14.2 Å². The first-order chi connectivity index (χ1) is 11.5. The number of piperazine rings is 1. The number of carbonyl (C=O) groups is 1. The van der Waals surface area contributed by atoms with E-state index in [0.29, 0.717) is 18.7 Å². The molecule has 0 saturated carbocycles. The average Bonchev–Trinajstić information content (AvgIpc) is 2.62. The van der Waals surface area contributed by atoms with Gasteiger partial charge in [0, 0.05) is 48.6 Å². The van der Waals surface area contributed by atoms with Crippen molar-refractivity contribution in [2.24, 2.45) is 0 Å². The molecule has 3 rings (SSSR count). The third-order valence-electron chi connectivity index (χ3n) is 3.90. The van der Waals surface area contributed by atoms with Gasteiger partial charge in [0.15, 0.2) is 0 Å². The van der Waals surface area contributed by atoms with E-state index in [0.717, 1.165) is 4.47 Å². The first kappa shape index (κ1) is 17.1. The molecule has 2 aromatic rings. The number of rotatable bonds is 3. The van der Waals surface area contributed by atoms with Crippen LogP contribution in [0.15, 0.2) is 58.2 Å². The molecule has 0 aliphatic carbocycles. The van der Waals surface area contributed by atoms with Gasteiger partial charge in [-0.2, -0.15) is 4.31 Å². The molecule has 6 nitrogen and oxygen atoms in total. The lowest BCUT2D eigenvalue weighted by molar-refractivity contribution is 0.0698. The summed E-state index contributed by atoms with van der Waals surface area (Å²) in [6.45, 7) is 1.32. The summed E-state index contributed by atoms with van der Waals surface area (Å²) in [5, 5.41) is 0. The van der Waals surface area contributed by atoms with E-state index in [1.54, 1.807) is 53.7 Å². The molecule has 1 fully saturated rings. The third-order valence-corrected chi connectivity index (χ3v) is 6.35. The summed E-state index contributed by atoms with van der Waals surface area (Å²) in [6.07, 6.45) is 3.14. The van der Waals surface area contributed by atoms with E-state index in [-0.39, 0.29) is 23.9 Å². The van der Waals surface area contributed by atoms with Crippen LogP contribution in [0.1, 0.15) is 10.4 Å². The molecule has 126 valence electrons. The molecule has 1 amide bonds. The van der Waals surface area contributed by atoms with Crippen molar-refractivity contribution >= 4 is 31.9 Å². The molecule has 0 N–H and O–H groups in total. The first-order valence-corrected chi connectivity index (χ1v) is 9.67. The highest BCUT2D eigenvalue weighted by atomic mass is 79.9. The first-order valence-electron chi connectivity index (χ1n) is 7.43. The second-order valence-electron chi connectivity index (χ2n) is 5.39. The molecule has 1 saturated heterocycles. The van der Waals surface area contributed by atoms with Gasteiger partial charge < -0.3 is 4.90 Å². The molecule has 8 heteroatoms. The number of hydrogen-bond donors (Lipinski definition) is 0. The molecule has 2 heterocycles. The van der Waals surface area contributed by atoms with Crippen LogP contribution in [-0.4, -0.2) is 54.7 Å². The highest BCUT2D eigenvalue weighted by molar-refractivity contribution is 9.10. The van der Waals surface area contributed by atoms with Crippen molar-refractivity contribution in [1.29, 1.82) is 0 Å². The van der Waals surface area contributed by atoms with Crippen LogP contribution >= 0.6 is 15.9 Å². The maximum Gasteiger partial charge on any atom is 0.254 e. The molecule has 0 atom stereocenters. The Morgan fingerprint density at radius 3 is 2.12 bits per heavy atom. The smallest absolute Gasteiger partial charge is 0.254 e. The fourth-order valence-corrected chi connectivity index (χ4v) is 4.25. The van der Waals surface area contributed by atoms with Crippen LogP contribution in [0.25, 0.3) is 0 Å². The maximum atomic E-state index is 12.6. The zero-order valence-electron chi connectivity index (χ0n) is 12.8. The minimum absolute atomic E-state index is 0.0990. The van der Waals surface area contributed by atoms with Gasteiger partial charge >= 0.3 is 0 Å². The van der Waals surface area contributed by atoms with E-state index in [2.05, 4.69) is 20.9 Å². The van der Waals surface area contributed by atoms with E-state index in [9.17, 15) is 13.2 Å². The molecule has 1 aromatic carbocycles. The van der Waals surface area contributed by atoms with Crippen molar-refractivity contribution in [3.63, 3.8) is 0 Å². The Kier molecular flexibility index (Phi) is 4.98. The number of halogens is 1. The quantitative estimate of drug-likeness (QED) is 0.776. The topological polar surface area (TPSA) is 70.6 Å². The second-order valence-corrected chi connectivity index (χ2v) is 8.24. The number of carbonyl (C=O) groups excluding carboxylic acids is 1. The van der Waals surface area contributed by atoms with Crippen molar-refractivity contribution in [2.45, 2.75) is 4.90 Å². The lowest BCUT2D eigenvalue weighted by atomic mass is 10.2. The Morgan fingerprint density at radius 2 is 1.54 bits per heavy atom. The van der Waals surface area contributed by atoms with Crippen LogP contribution in [0.3, 0.4) is 0 Å². The largest absolute Gasteiger partial charge is 0.336 e. The number of hydrogen-bond acceptors (Lipinski definition) is 4. The summed E-state index contributed by atoms with van der Waals surface area (Å²) in [5.74, 6) is -0.0990. The van der Waals surface area contributed by atoms with E-state index in [1.807, 2.05) is 0 Å². The zero-order valence-corrected chi connectivity index (χ0v) is 15.2. The average molecular weight is 410 g/mol. The Hall–Kier alpha value is -1.77. The normalized spacial score (nSPS) is 16.1. The fourth-order valence-electron chi connectivity index (χ4n) is 2.56. The van der Waals surface area contributed by atoms with Gasteiger partial charge in [-0.3, -0.25) is 9.78 Å². The lowest BCUT2D eigenvalue weighted by Gasteiger charge is -2.34. The van der Waals surface area contributed by atoms with E-state index >= 15 is 0 Å². The molecule has 0 spiro atoms. The summed E-state index contributed by atoms with van der Waals surface area (Å²) < 4.78 is 27.5. The molecule has 1 aromatic heterocycles. The van der Waals surface area contributed by atoms with E-state index in [1.165, 1.54) is 4.31 Å². The van der Waals surface area contributed by atoms with Crippen LogP contribution in [0.4, 0.5) is 0 Å². The Balaban J connectivity index is 1.68. The van der Waals surface area contributed by atoms with Crippen LogP contribution in [0, 0.1) is 0 Å². The molecule has 0 bridgehead atoms. The monoisotopic (exact) mass is 409 g/mol. The number of sulfonamides is 1. The van der Waals surface area contributed by atoms with Gasteiger partial charge in [0.25, 0.3) is 5.91 Å². The summed E-state index contributed by atoms with van der Waals surface area (Å²) in [7, 11) is -3.53. The van der Waals surface area contributed by atoms with Crippen LogP contribution in [-0.2, 0) is 10.0 Å². The highest BCUT2D eigenvalue weighted by Crippen LogP contribution is 2.20. The highest BCUT2D eigenvalue weighted by Gasteiger charge is 2.30. The number of benzene rings is 1. The molecule has 1 aliphatic rings. The molecular formula is C16H16BrN3O3S. The predicted molar refractivity (Wildman–Crippen MR) is 93.0 cm³/mol. The van der Waals surface area contributed by atoms with Gasteiger partial charge in [0.1, 0.15) is 0 Å². The minimum atomic E-state index is -3.53. The third kappa shape index (κ3) is 3.50. The van der Waals surface area contributed by atoms with Gasteiger partial charge in [-0.05, 0) is 36.4 Å². The summed E-state index contributed by atoms with van der Waals surface area (Å²) in [5.41, 5.74) is 0.564. The van der Waals surface area contributed by atoms with Gasteiger partial charge in [-0.25, -0.2) is 8.42 Å². The maximum absolute atomic E-state index is 12.6. The Morgan fingerprint density at radius 1 is 0.958 bits per heavy atom. The van der Waals surface area contributed by atoms with E-state index < -0.39 is 10.0 Å². The number of nitrogens with zero attached hydrogens (tertiary/aromatic N) is 3. The Labute approximate surface area is 149 Å². The number of aromatic nitrogens is 1. The predicted octanol–water partition coefficient (Wildman–Crippen LogP) is 1.99. The molecule has 1 aliphatic heterocycles. The molecule has 24 heavy (non-hydrogen) atoms. The fraction of sp³-hybridized carbons (Fsp3) is 0.250. The van der Waals surface area contributed by atoms with Crippen molar-refractivity contribution in [2.75, 3.05) is 26.2 Å². The van der Waals surface area contributed by atoms with Gasteiger partial charge in [-0.1, -0.05) is 15.9 Å². The summed E-state index contributed by atoms with van der Waals surface area (Å²) >= 11 is 3.30. The molecule has 0 unspecified atom stereocenters. The van der Waals surface area contributed by atoms with Crippen molar-refractivity contribution < 1.29 is 13.2 Å². The standard InChI is InChI=1S/C16H16BrN3O3S/c17-14-1-3-15(4-2-14)24(22,23)20-11-9-19(10-12-20)16(21)13-5-7-18-8-6-13/h1-8H,9-12H2. The summed E-state index contributed by atoms with van der Waals surface area (Å²) in [4.78, 5) is 18.2. The number of amides is 1. The van der Waals surface area contributed by atoms with Crippen molar-refractivity contribution in [3.8, 4) is 0 Å².